The van der Waals surface area contributed by atoms with E-state index in [-0.39, 0.29) is 17.6 Å². The smallest absolute Gasteiger partial charge is 0.225 e. The molecule has 0 aliphatic carbocycles. The maximum Gasteiger partial charge on any atom is 0.225 e. The van der Waals surface area contributed by atoms with Gasteiger partial charge in [0.1, 0.15) is 6.61 Å². The molecular formula is C20H22ClNO3. The van der Waals surface area contributed by atoms with E-state index >= 15 is 0 Å². The van der Waals surface area contributed by atoms with Gasteiger partial charge >= 0.3 is 0 Å². The molecule has 1 amide bonds. The maximum absolute atomic E-state index is 12.6. The van der Waals surface area contributed by atoms with Gasteiger partial charge in [-0.3, -0.25) is 4.79 Å². The van der Waals surface area contributed by atoms with Crippen molar-refractivity contribution in [2.75, 3.05) is 13.2 Å². The molecule has 3 rings (SSSR count). The molecule has 0 unspecified atom stereocenters. The molecule has 1 atom stereocenters. The third-order valence-corrected chi connectivity index (χ3v) is 4.85. The summed E-state index contributed by atoms with van der Waals surface area (Å²) in [5, 5.41) is 11.0. The molecule has 0 aromatic heterocycles. The van der Waals surface area contributed by atoms with Crippen LogP contribution in [-0.4, -0.2) is 29.1 Å². The fourth-order valence-electron chi connectivity index (χ4n) is 3.01. The number of rotatable bonds is 3. The third kappa shape index (κ3) is 3.74. The Balaban J connectivity index is 1.98. The van der Waals surface area contributed by atoms with Crippen LogP contribution in [0, 0.1) is 5.92 Å². The Bertz CT molecular complexity index is 791. The fraction of sp³-hybridized carbons (Fsp3) is 0.350. The fourth-order valence-corrected chi connectivity index (χ4v) is 3.20. The van der Waals surface area contributed by atoms with Gasteiger partial charge in [0, 0.05) is 23.0 Å². The summed E-state index contributed by atoms with van der Waals surface area (Å²) in [6.07, 6.45) is 0.802. The molecule has 25 heavy (non-hydrogen) atoms. The standard InChI is InChI=1S/C20H22ClNO3/c1-3-13(2)20(24)22-7-8-25-19-16(12-22)9-15(11-18(19)23)14-5-4-6-17(21)10-14/h4-6,9-11,13,23H,3,7-8,12H2,1-2H3/t13-/m1/s1. The molecule has 0 radical (unpaired) electrons. The summed E-state index contributed by atoms with van der Waals surface area (Å²) in [7, 11) is 0. The molecular weight excluding hydrogens is 338 g/mol. The SMILES string of the molecule is CC[C@@H](C)C(=O)N1CCOc2c(O)cc(-c3cccc(Cl)c3)cc2C1. The zero-order chi connectivity index (χ0) is 18.0. The Kier molecular flexibility index (Phi) is 5.19. The molecule has 0 bridgehead atoms. The maximum atomic E-state index is 12.6. The number of benzene rings is 2. The Labute approximate surface area is 153 Å². The van der Waals surface area contributed by atoms with E-state index in [2.05, 4.69) is 0 Å². The number of hydrogen-bond acceptors (Lipinski definition) is 3. The second kappa shape index (κ2) is 7.36. The molecule has 0 saturated carbocycles. The Morgan fingerprint density at radius 1 is 1.32 bits per heavy atom. The molecule has 132 valence electrons. The van der Waals surface area contributed by atoms with Crippen molar-refractivity contribution in [1.82, 2.24) is 4.90 Å². The first-order valence-electron chi connectivity index (χ1n) is 8.53. The van der Waals surface area contributed by atoms with Crippen LogP contribution in [-0.2, 0) is 11.3 Å². The highest BCUT2D eigenvalue weighted by molar-refractivity contribution is 6.30. The summed E-state index contributed by atoms with van der Waals surface area (Å²) in [6, 6.07) is 11.1. The number of fused-ring (bicyclic) bond motifs is 1. The summed E-state index contributed by atoms with van der Waals surface area (Å²) in [5.74, 6) is 0.647. The number of aromatic hydroxyl groups is 1. The van der Waals surface area contributed by atoms with E-state index in [1.807, 2.05) is 44.2 Å². The Hall–Kier alpha value is -2.20. The van der Waals surface area contributed by atoms with Gasteiger partial charge in [-0.05, 0) is 41.8 Å². The second-order valence-corrected chi connectivity index (χ2v) is 6.85. The van der Waals surface area contributed by atoms with E-state index in [1.165, 1.54) is 0 Å². The number of halogens is 1. The lowest BCUT2D eigenvalue weighted by Gasteiger charge is -2.23. The minimum Gasteiger partial charge on any atom is -0.504 e. The highest BCUT2D eigenvalue weighted by Gasteiger charge is 2.25. The van der Waals surface area contributed by atoms with Crippen LogP contribution in [0.25, 0.3) is 11.1 Å². The molecule has 0 saturated heterocycles. The Morgan fingerprint density at radius 2 is 2.12 bits per heavy atom. The monoisotopic (exact) mass is 359 g/mol. The van der Waals surface area contributed by atoms with Gasteiger partial charge in [0.05, 0.1) is 6.54 Å². The van der Waals surface area contributed by atoms with Gasteiger partial charge in [0.2, 0.25) is 5.91 Å². The summed E-state index contributed by atoms with van der Waals surface area (Å²) >= 11 is 6.08. The van der Waals surface area contributed by atoms with Gasteiger partial charge in [-0.25, -0.2) is 0 Å². The number of hydrogen-bond donors (Lipinski definition) is 1. The zero-order valence-corrected chi connectivity index (χ0v) is 15.2. The van der Waals surface area contributed by atoms with Crippen molar-refractivity contribution in [3.05, 3.63) is 47.0 Å². The van der Waals surface area contributed by atoms with Gasteiger partial charge in [-0.1, -0.05) is 37.6 Å². The third-order valence-electron chi connectivity index (χ3n) is 4.62. The average molecular weight is 360 g/mol. The van der Waals surface area contributed by atoms with Gasteiger partial charge in [-0.2, -0.15) is 0 Å². The van der Waals surface area contributed by atoms with Gasteiger partial charge in [0.15, 0.2) is 11.5 Å². The van der Waals surface area contributed by atoms with Crippen molar-refractivity contribution in [3.63, 3.8) is 0 Å². The molecule has 1 aliphatic heterocycles. The lowest BCUT2D eigenvalue weighted by atomic mass is 10.0. The van der Waals surface area contributed by atoms with Crippen LogP contribution in [0.2, 0.25) is 5.02 Å². The normalized spacial score (nSPS) is 15.1. The first kappa shape index (κ1) is 17.6. The largest absolute Gasteiger partial charge is 0.504 e. The summed E-state index contributed by atoms with van der Waals surface area (Å²) in [6.45, 7) is 5.27. The van der Waals surface area contributed by atoms with E-state index in [9.17, 15) is 9.90 Å². The van der Waals surface area contributed by atoms with Crippen molar-refractivity contribution in [1.29, 1.82) is 0 Å². The number of amides is 1. The molecule has 2 aromatic rings. The first-order valence-corrected chi connectivity index (χ1v) is 8.90. The molecule has 1 heterocycles. The number of carbonyl (C=O) groups excluding carboxylic acids is 1. The highest BCUT2D eigenvalue weighted by atomic mass is 35.5. The van der Waals surface area contributed by atoms with Gasteiger partial charge in [-0.15, -0.1) is 0 Å². The predicted octanol–water partition coefficient (Wildman–Crippen LogP) is 4.48. The van der Waals surface area contributed by atoms with Crippen molar-refractivity contribution in [3.8, 4) is 22.6 Å². The number of ether oxygens (including phenoxy) is 1. The number of phenolic OH excluding ortho intramolecular Hbond substituents is 1. The van der Waals surface area contributed by atoms with Crippen molar-refractivity contribution in [2.24, 2.45) is 5.92 Å². The van der Waals surface area contributed by atoms with E-state index < -0.39 is 0 Å². The molecule has 1 aliphatic rings. The summed E-state index contributed by atoms with van der Waals surface area (Å²) < 4.78 is 5.72. The molecule has 0 spiro atoms. The van der Waals surface area contributed by atoms with E-state index in [4.69, 9.17) is 16.3 Å². The molecule has 4 nitrogen and oxygen atoms in total. The topological polar surface area (TPSA) is 49.8 Å². The van der Waals surface area contributed by atoms with Crippen LogP contribution in [0.15, 0.2) is 36.4 Å². The van der Waals surface area contributed by atoms with Crippen molar-refractivity contribution in [2.45, 2.75) is 26.8 Å². The van der Waals surface area contributed by atoms with Crippen LogP contribution in [0.5, 0.6) is 11.5 Å². The lowest BCUT2D eigenvalue weighted by Crippen LogP contribution is -2.36. The van der Waals surface area contributed by atoms with E-state index in [1.54, 1.807) is 11.0 Å². The number of phenols is 1. The minimum absolute atomic E-state index is 0.0220. The molecule has 1 N–H and O–H groups in total. The molecule has 5 heteroatoms. The van der Waals surface area contributed by atoms with Crippen molar-refractivity contribution < 1.29 is 14.6 Å². The van der Waals surface area contributed by atoms with Crippen LogP contribution < -0.4 is 4.74 Å². The van der Waals surface area contributed by atoms with E-state index in [0.29, 0.717) is 30.5 Å². The van der Waals surface area contributed by atoms with Gasteiger partial charge < -0.3 is 14.7 Å². The quantitative estimate of drug-likeness (QED) is 0.879. The number of nitrogens with zero attached hydrogens (tertiary/aromatic N) is 1. The lowest BCUT2D eigenvalue weighted by molar-refractivity contribution is -0.135. The van der Waals surface area contributed by atoms with Crippen LogP contribution in [0.4, 0.5) is 0 Å². The Morgan fingerprint density at radius 3 is 2.84 bits per heavy atom. The molecule has 0 fully saturated rings. The van der Waals surface area contributed by atoms with Crippen LogP contribution in [0.1, 0.15) is 25.8 Å². The summed E-state index contributed by atoms with van der Waals surface area (Å²) in [5.41, 5.74) is 2.57. The zero-order valence-electron chi connectivity index (χ0n) is 14.5. The van der Waals surface area contributed by atoms with E-state index in [0.717, 1.165) is 23.1 Å². The second-order valence-electron chi connectivity index (χ2n) is 6.41. The average Bonchev–Trinajstić information content (AvgIpc) is 2.83. The van der Waals surface area contributed by atoms with Crippen LogP contribution in [0.3, 0.4) is 0 Å². The van der Waals surface area contributed by atoms with Crippen molar-refractivity contribution >= 4 is 17.5 Å². The molecule has 2 aromatic carbocycles. The van der Waals surface area contributed by atoms with Crippen LogP contribution >= 0.6 is 11.6 Å². The highest BCUT2D eigenvalue weighted by Crippen LogP contribution is 2.38. The first-order chi connectivity index (χ1) is 12.0. The number of carbonyl (C=O) groups is 1. The summed E-state index contributed by atoms with van der Waals surface area (Å²) in [4.78, 5) is 14.4. The predicted molar refractivity (Wildman–Crippen MR) is 98.9 cm³/mol. The minimum atomic E-state index is -0.0220. The van der Waals surface area contributed by atoms with Gasteiger partial charge in [0.25, 0.3) is 0 Å².